The van der Waals surface area contributed by atoms with Crippen molar-refractivity contribution in [2.24, 2.45) is 5.41 Å². The topological polar surface area (TPSA) is 49.8 Å². The van der Waals surface area contributed by atoms with Gasteiger partial charge in [-0.15, -0.1) is 0 Å². The molecule has 0 bridgehead atoms. The number of carbonyl (C=O) groups is 1. The lowest BCUT2D eigenvalue weighted by Gasteiger charge is -2.30. The molecule has 0 radical (unpaired) electrons. The molecule has 88 valence electrons. The fourth-order valence-electron chi connectivity index (χ4n) is 1.66. The van der Waals surface area contributed by atoms with Crippen LogP contribution in [-0.2, 0) is 9.53 Å². The van der Waals surface area contributed by atoms with E-state index in [0.717, 1.165) is 39.3 Å². The van der Waals surface area contributed by atoms with Crippen molar-refractivity contribution in [2.45, 2.75) is 26.7 Å². The number of hydrogen-bond donors (Lipinski definition) is 1. The van der Waals surface area contributed by atoms with E-state index in [4.69, 9.17) is 9.84 Å². The number of carboxylic acid groups (broad SMARTS) is 1. The largest absolute Gasteiger partial charge is 0.481 e. The molecule has 0 amide bonds. The lowest BCUT2D eigenvalue weighted by Crippen LogP contribution is -2.40. The van der Waals surface area contributed by atoms with Gasteiger partial charge in [-0.3, -0.25) is 9.69 Å². The van der Waals surface area contributed by atoms with Gasteiger partial charge in [0.1, 0.15) is 0 Å². The van der Waals surface area contributed by atoms with Crippen LogP contribution >= 0.6 is 0 Å². The third kappa shape index (κ3) is 3.47. The van der Waals surface area contributed by atoms with Crippen molar-refractivity contribution in [1.29, 1.82) is 0 Å². The van der Waals surface area contributed by atoms with Gasteiger partial charge in [-0.25, -0.2) is 0 Å². The number of nitrogens with zero attached hydrogens (tertiary/aromatic N) is 1. The predicted molar refractivity (Wildman–Crippen MR) is 57.9 cm³/mol. The van der Waals surface area contributed by atoms with Gasteiger partial charge >= 0.3 is 5.97 Å². The van der Waals surface area contributed by atoms with Crippen molar-refractivity contribution in [3.63, 3.8) is 0 Å². The quantitative estimate of drug-likeness (QED) is 0.749. The van der Waals surface area contributed by atoms with Crippen molar-refractivity contribution >= 4 is 5.97 Å². The first-order valence-corrected chi connectivity index (χ1v) is 5.62. The van der Waals surface area contributed by atoms with E-state index in [1.54, 1.807) is 0 Å². The summed E-state index contributed by atoms with van der Waals surface area (Å²) in [5.74, 6) is -0.682. The summed E-state index contributed by atoms with van der Waals surface area (Å²) in [5.41, 5.74) is -0.571. The normalized spacial score (nSPS) is 22.3. The summed E-state index contributed by atoms with van der Waals surface area (Å²) >= 11 is 0. The molecule has 1 fully saturated rings. The zero-order chi connectivity index (χ0) is 11.3. The average molecular weight is 215 g/mol. The molecule has 1 rings (SSSR count). The van der Waals surface area contributed by atoms with Gasteiger partial charge in [0.2, 0.25) is 0 Å². The SMILES string of the molecule is CCC(C)(CCN1CCOCC1)C(=O)O. The molecular weight excluding hydrogens is 194 g/mol. The Morgan fingerprint density at radius 3 is 2.53 bits per heavy atom. The van der Waals surface area contributed by atoms with Crippen LogP contribution < -0.4 is 0 Å². The molecule has 1 unspecified atom stereocenters. The lowest BCUT2D eigenvalue weighted by molar-refractivity contribution is -0.148. The number of hydrogen-bond acceptors (Lipinski definition) is 3. The Morgan fingerprint density at radius 2 is 2.07 bits per heavy atom. The Hall–Kier alpha value is -0.610. The third-order valence-electron chi connectivity index (χ3n) is 3.38. The summed E-state index contributed by atoms with van der Waals surface area (Å²) in [5, 5.41) is 9.12. The van der Waals surface area contributed by atoms with Crippen LogP contribution in [0, 0.1) is 5.41 Å². The van der Waals surface area contributed by atoms with E-state index in [2.05, 4.69) is 4.90 Å². The highest BCUT2D eigenvalue weighted by atomic mass is 16.5. The molecule has 0 aromatic rings. The second-order valence-electron chi connectivity index (χ2n) is 4.42. The van der Waals surface area contributed by atoms with Crippen molar-refractivity contribution in [2.75, 3.05) is 32.8 Å². The molecule has 15 heavy (non-hydrogen) atoms. The summed E-state index contributed by atoms with van der Waals surface area (Å²) in [7, 11) is 0. The van der Waals surface area contributed by atoms with Crippen molar-refractivity contribution in [3.05, 3.63) is 0 Å². The van der Waals surface area contributed by atoms with Crippen LogP contribution in [0.4, 0.5) is 0 Å². The molecule has 0 aromatic heterocycles. The highest BCUT2D eigenvalue weighted by Gasteiger charge is 2.31. The van der Waals surface area contributed by atoms with E-state index >= 15 is 0 Å². The second kappa shape index (κ2) is 5.47. The number of morpholine rings is 1. The van der Waals surface area contributed by atoms with E-state index < -0.39 is 11.4 Å². The van der Waals surface area contributed by atoms with Gasteiger partial charge in [0, 0.05) is 13.1 Å². The van der Waals surface area contributed by atoms with Crippen molar-refractivity contribution in [3.8, 4) is 0 Å². The van der Waals surface area contributed by atoms with Crippen molar-refractivity contribution in [1.82, 2.24) is 4.90 Å². The molecule has 1 heterocycles. The molecule has 4 heteroatoms. The van der Waals surface area contributed by atoms with Crippen LogP contribution in [-0.4, -0.2) is 48.8 Å². The zero-order valence-corrected chi connectivity index (χ0v) is 9.66. The first-order chi connectivity index (χ1) is 7.08. The van der Waals surface area contributed by atoms with Gasteiger partial charge in [-0.05, 0) is 26.3 Å². The molecular formula is C11H21NO3. The standard InChI is InChI=1S/C11H21NO3/c1-3-11(2,10(13)14)4-5-12-6-8-15-9-7-12/h3-9H2,1-2H3,(H,13,14). The summed E-state index contributed by atoms with van der Waals surface area (Å²) in [4.78, 5) is 13.4. The van der Waals surface area contributed by atoms with Gasteiger partial charge in [0.15, 0.2) is 0 Å². The van der Waals surface area contributed by atoms with Crippen LogP contribution in [0.15, 0.2) is 0 Å². The maximum absolute atomic E-state index is 11.1. The Morgan fingerprint density at radius 1 is 1.47 bits per heavy atom. The minimum atomic E-state index is -0.682. The van der Waals surface area contributed by atoms with E-state index in [1.165, 1.54) is 0 Å². The monoisotopic (exact) mass is 215 g/mol. The molecule has 1 saturated heterocycles. The van der Waals surface area contributed by atoms with Crippen molar-refractivity contribution < 1.29 is 14.6 Å². The first kappa shape index (κ1) is 12.5. The zero-order valence-electron chi connectivity index (χ0n) is 9.66. The fraction of sp³-hybridized carbons (Fsp3) is 0.909. The van der Waals surface area contributed by atoms with Crippen LogP contribution in [0.5, 0.6) is 0 Å². The van der Waals surface area contributed by atoms with Gasteiger partial charge in [-0.1, -0.05) is 6.92 Å². The molecule has 4 nitrogen and oxygen atoms in total. The molecule has 0 aliphatic carbocycles. The third-order valence-corrected chi connectivity index (χ3v) is 3.38. The molecule has 1 atom stereocenters. The number of ether oxygens (including phenoxy) is 1. The summed E-state index contributed by atoms with van der Waals surface area (Å²) < 4.78 is 5.25. The van der Waals surface area contributed by atoms with Gasteiger partial charge in [0.05, 0.1) is 18.6 Å². The number of aliphatic carboxylic acids is 1. The highest BCUT2D eigenvalue weighted by Crippen LogP contribution is 2.26. The molecule has 1 N–H and O–H groups in total. The molecule has 0 saturated carbocycles. The predicted octanol–water partition coefficient (Wildman–Crippen LogP) is 1.21. The first-order valence-electron chi connectivity index (χ1n) is 5.62. The van der Waals surface area contributed by atoms with Gasteiger partial charge in [0.25, 0.3) is 0 Å². The Labute approximate surface area is 91.2 Å². The fourth-order valence-corrected chi connectivity index (χ4v) is 1.66. The highest BCUT2D eigenvalue weighted by molar-refractivity contribution is 5.73. The lowest BCUT2D eigenvalue weighted by atomic mass is 9.84. The Balaban J connectivity index is 2.36. The maximum Gasteiger partial charge on any atom is 0.309 e. The molecule has 1 aliphatic rings. The average Bonchev–Trinajstić information content (AvgIpc) is 2.27. The van der Waals surface area contributed by atoms with Crippen LogP contribution in [0.25, 0.3) is 0 Å². The minimum absolute atomic E-state index is 0.571. The van der Waals surface area contributed by atoms with E-state index in [-0.39, 0.29) is 0 Å². The van der Waals surface area contributed by atoms with Crippen LogP contribution in [0.2, 0.25) is 0 Å². The number of carboxylic acids is 1. The van der Waals surface area contributed by atoms with E-state index in [9.17, 15) is 4.79 Å². The summed E-state index contributed by atoms with van der Waals surface area (Å²) in [6.07, 6.45) is 1.41. The molecule has 0 aromatic carbocycles. The van der Waals surface area contributed by atoms with E-state index in [1.807, 2.05) is 13.8 Å². The van der Waals surface area contributed by atoms with Crippen LogP contribution in [0.1, 0.15) is 26.7 Å². The number of rotatable bonds is 5. The van der Waals surface area contributed by atoms with Gasteiger partial charge < -0.3 is 9.84 Å². The second-order valence-corrected chi connectivity index (χ2v) is 4.42. The smallest absolute Gasteiger partial charge is 0.309 e. The molecule has 0 spiro atoms. The Bertz CT molecular complexity index is 214. The maximum atomic E-state index is 11.1. The Kier molecular flexibility index (Phi) is 4.54. The summed E-state index contributed by atoms with van der Waals surface area (Å²) in [6.45, 7) is 8.04. The minimum Gasteiger partial charge on any atom is -0.481 e. The van der Waals surface area contributed by atoms with Gasteiger partial charge in [-0.2, -0.15) is 0 Å². The summed E-state index contributed by atoms with van der Waals surface area (Å²) in [6, 6.07) is 0. The van der Waals surface area contributed by atoms with Crippen LogP contribution in [0.3, 0.4) is 0 Å². The molecule has 1 aliphatic heterocycles. The van der Waals surface area contributed by atoms with E-state index in [0.29, 0.717) is 6.42 Å².